The van der Waals surface area contributed by atoms with Gasteiger partial charge < -0.3 is 9.64 Å². The lowest BCUT2D eigenvalue weighted by Crippen LogP contribution is -2.33. The normalized spacial score (nSPS) is 15.7. The van der Waals surface area contributed by atoms with Gasteiger partial charge in [0.25, 0.3) is 0 Å². The van der Waals surface area contributed by atoms with Gasteiger partial charge in [-0.05, 0) is 19.3 Å². The topological polar surface area (TPSA) is 46.6 Å². The van der Waals surface area contributed by atoms with Gasteiger partial charge in [-0.3, -0.25) is 9.59 Å². The van der Waals surface area contributed by atoms with E-state index in [0.29, 0.717) is 25.9 Å². The average molecular weight is 255 g/mol. The molecule has 1 amide bonds. The maximum absolute atomic E-state index is 12.0. The third-order valence-electron chi connectivity index (χ3n) is 3.79. The van der Waals surface area contributed by atoms with Crippen molar-refractivity contribution in [2.75, 3.05) is 20.2 Å². The summed E-state index contributed by atoms with van der Waals surface area (Å²) in [6.07, 6.45) is 7.12. The molecule has 0 atom stereocenters. The molecule has 1 saturated carbocycles. The first kappa shape index (κ1) is 15.0. The van der Waals surface area contributed by atoms with Crippen molar-refractivity contribution in [1.29, 1.82) is 0 Å². The molecular weight excluding hydrogens is 230 g/mol. The molecule has 0 aromatic carbocycles. The van der Waals surface area contributed by atoms with E-state index in [1.165, 1.54) is 32.8 Å². The van der Waals surface area contributed by atoms with Crippen LogP contribution in [0, 0.1) is 5.92 Å². The maximum atomic E-state index is 12.0. The summed E-state index contributed by atoms with van der Waals surface area (Å²) in [7, 11) is 1.38. The second kappa shape index (κ2) is 8.11. The SMILES string of the molecule is CCN(CCC(=O)OC)C(=O)CCC1CCCC1. The zero-order chi connectivity index (χ0) is 13.4. The molecule has 0 unspecified atom stereocenters. The van der Waals surface area contributed by atoms with Crippen molar-refractivity contribution in [1.82, 2.24) is 4.90 Å². The highest BCUT2D eigenvalue weighted by molar-refractivity contribution is 5.77. The van der Waals surface area contributed by atoms with Crippen molar-refractivity contribution in [2.24, 2.45) is 5.92 Å². The van der Waals surface area contributed by atoms with Crippen LogP contribution in [0.25, 0.3) is 0 Å². The van der Waals surface area contributed by atoms with Crippen molar-refractivity contribution < 1.29 is 14.3 Å². The van der Waals surface area contributed by atoms with Gasteiger partial charge in [-0.25, -0.2) is 0 Å². The Labute approximate surface area is 110 Å². The second-order valence-corrected chi connectivity index (χ2v) is 4.99. The molecule has 1 fully saturated rings. The highest BCUT2D eigenvalue weighted by atomic mass is 16.5. The largest absolute Gasteiger partial charge is 0.469 e. The van der Waals surface area contributed by atoms with E-state index in [9.17, 15) is 9.59 Å². The molecule has 0 N–H and O–H groups in total. The smallest absolute Gasteiger partial charge is 0.307 e. The van der Waals surface area contributed by atoms with Crippen molar-refractivity contribution >= 4 is 11.9 Å². The summed E-state index contributed by atoms with van der Waals surface area (Å²) < 4.78 is 4.59. The molecule has 18 heavy (non-hydrogen) atoms. The Hall–Kier alpha value is -1.06. The number of carbonyl (C=O) groups excluding carboxylic acids is 2. The predicted octanol–water partition coefficient (Wildman–Crippen LogP) is 2.37. The Morgan fingerprint density at radius 1 is 1.22 bits per heavy atom. The molecule has 0 aromatic rings. The maximum Gasteiger partial charge on any atom is 0.307 e. The molecule has 4 nitrogen and oxygen atoms in total. The second-order valence-electron chi connectivity index (χ2n) is 4.99. The molecule has 0 radical (unpaired) electrons. The molecule has 4 heteroatoms. The average Bonchev–Trinajstić information content (AvgIpc) is 2.89. The number of ether oxygens (including phenoxy) is 1. The van der Waals surface area contributed by atoms with E-state index in [1.807, 2.05) is 6.92 Å². The van der Waals surface area contributed by atoms with Crippen LogP contribution in [-0.2, 0) is 14.3 Å². The summed E-state index contributed by atoms with van der Waals surface area (Å²) in [5.74, 6) is 0.665. The monoisotopic (exact) mass is 255 g/mol. The van der Waals surface area contributed by atoms with E-state index in [2.05, 4.69) is 4.74 Å². The molecule has 1 aliphatic rings. The number of methoxy groups -OCH3 is 1. The molecule has 104 valence electrons. The highest BCUT2D eigenvalue weighted by Crippen LogP contribution is 2.28. The third kappa shape index (κ3) is 5.07. The molecule has 0 heterocycles. The minimum atomic E-state index is -0.253. The first-order valence-electron chi connectivity index (χ1n) is 7.02. The van der Waals surface area contributed by atoms with Crippen LogP contribution >= 0.6 is 0 Å². The number of hydrogen-bond donors (Lipinski definition) is 0. The third-order valence-corrected chi connectivity index (χ3v) is 3.79. The standard InChI is InChI=1S/C14H25NO3/c1-3-15(11-10-14(17)18-2)13(16)9-8-12-6-4-5-7-12/h12H,3-11H2,1-2H3. The molecule has 0 saturated heterocycles. The van der Waals surface area contributed by atoms with Gasteiger partial charge in [-0.1, -0.05) is 25.7 Å². The summed E-state index contributed by atoms with van der Waals surface area (Å²) >= 11 is 0. The number of amides is 1. The van der Waals surface area contributed by atoms with Crippen LogP contribution in [0.4, 0.5) is 0 Å². The summed E-state index contributed by atoms with van der Waals surface area (Å²) in [4.78, 5) is 24.8. The lowest BCUT2D eigenvalue weighted by molar-refractivity contribution is -0.141. The van der Waals surface area contributed by atoms with Crippen molar-refractivity contribution in [3.05, 3.63) is 0 Å². The van der Waals surface area contributed by atoms with Gasteiger partial charge in [-0.2, -0.15) is 0 Å². The highest BCUT2D eigenvalue weighted by Gasteiger charge is 2.18. The van der Waals surface area contributed by atoms with Gasteiger partial charge in [0.1, 0.15) is 0 Å². The number of rotatable bonds is 7. The Bertz CT molecular complexity index is 272. The summed E-state index contributed by atoms with van der Waals surface area (Å²) in [6.45, 7) is 3.10. The molecule has 1 rings (SSSR count). The lowest BCUT2D eigenvalue weighted by Gasteiger charge is -2.21. The fourth-order valence-electron chi connectivity index (χ4n) is 2.57. The van der Waals surface area contributed by atoms with E-state index < -0.39 is 0 Å². The number of hydrogen-bond acceptors (Lipinski definition) is 3. The zero-order valence-corrected chi connectivity index (χ0v) is 11.6. The van der Waals surface area contributed by atoms with Crippen LogP contribution in [0.3, 0.4) is 0 Å². The fourth-order valence-corrected chi connectivity index (χ4v) is 2.57. The van der Waals surface area contributed by atoms with Gasteiger partial charge in [0.05, 0.1) is 13.5 Å². The van der Waals surface area contributed by atoms with Crippen LogP contribution in [0.5, 0.6) is 0 Å². The Morgan fingerprint density at radius 2 is 1.89 bits per heavy atom. The number of esters is 1. The van der Waals surface area contributed by atoms with Crippen molar-refractivity contribution in [3.8, 4) is 0 Å². The quantitative estimate of drug-likeness (QED) is 0.656. The molecule has 0 aromatic heterocycles. The van der Waals surface area contributed by atoms with E-state index in [0.717, 1.165) is 12.3 Å². The van der Waals surface area contributed by atoms with Crippen LogP contribution in [0.2, 0.25) is 0 Å². The Morgan fingerprint density at radius 3 is 2.44 bits per heavy atom. The van der Waals surface area contributed by atoms with Crippen LogP contribution in [0.1, 0.15) is 51.9 Å². The van der Waals surface area contributed by atoms with Gasteiger partial charge in [0, 0.05) is 19.5 Å². The van der Waals surface area contributed by atoms with Crippen molar-refractivity contribution in [2.45, 2.75) is 51.9 Å². The molecule has 0 spiro atoms. The van der Waals surface area contributed by atoms with Crippen molar-refractivity contribution in [3.63, 3.8) is 0 Å². The Kier molecular flexibility index (Phi) is 6.76. The van der Waals surface area contributed by atoms with E-state index in [1.54, 1.807) is 4.90 Å². The minimum absolute atomic E-state index is 0.174. The van der Waals surface area contributed by atoms with E-state index in [-0.39, 0.29) is 11.9 Å². The van der Waals surface area contributed by atoms with E-state index >= 15 is 0 Å². The minimum Gasteiger partial charge on any atom is -0.469 e. The summed E-state index contributed by atoms with van der Waals surface area (Å²) in [5, 5.41) is 0. The summed E-state index contributed by atoms with van der Waals surface area (Å²) in [6, 6.07) is 0. The zero-order valence-electron chi connectivity index (χ0n) is 11.6. The van der Waals surface area contributed by atoms with Gasteiger partial charge in [0.15, 0.2) is 0 Å². The van der Waals surface area contributed by atoms with Crippen LogP contribution in [-0.4, -0.2) is 37.0 Å². The molecular formula is C14H25NO3. The lowest BCUT2D eigenvalue weighted by atomic mass is 10.0. The van der Waals surface area contributed by atoms with Gasteiger partial charge >= 0.3 is 5.97 Å². The molecule has 1 aliphatic carbocycles. The van der Waals surface area contributed by atoms with Gasteiger partial charge in [-0.15, -0.1) is 0 Å². The van der Waals surface area contributed by atoms with Crippen LogP contribution < -0.4 is 0 Å². The fraction of sp³-hybridized carbons (Fsp3) is 0.857. The molecule has 0 aliphatic heterocycles. The first-order chi connectivity index (χ1) is 8.67. The van der Waals surface area contributed by atoms with Gasteiger partial charge in [0.2, 0.25) is 5.91 Å². The summed E-state index contributed by atoms with van der Waals surface area (Å²) in [5.41, 5.74) is 0. The molecule has 0 bridgehead atoms. The predicted molar refractivity (Wildman–Crippen MR) is 70.1 cm³/mol. The Balaban J connectivity index is 2.25. The first-order valence-corrected chi connectivity index (χ1v) is 7.02. The van der Waals surface area contributed by atoms with Crippen LogP contribution in [0.15, 0.2) is 0 Å². The number of carbonyl (C=O) groups is 2. The number of nitrogens with zero attached hydrogens (tertiary/aromatic N) is 1. The van der Waals surface area contributed by atoms with E-state index in [4.69, 9.17) is 0 Å².